The van der Waals surface area contributed by atoms with E-state index >= 15 is 0 Å². The zero-order chi connectivity index (χ0) is 32.0. The third-order valence-corrected chi connectivity index (χ3v) is 7.16. The molecule has 0 bridgehead atoms. The molecule has 5 rings (SSSR count). The number of hydrogen-bond donors (Lipinski definition) is 1. The summed E-state index contributed by atoms with van der Waals surface area (Å²) in [6.45, 7) is 11.4. The zero-order valence-electron chi connectivity index (χ0n) is 25.9. The van der Waals surface area contributed by atoms with Crippen LogP contribution in [0.3, 0.4) is 0 Å². The van der Waals surface area contributed by atoms with Crippen LogP contribution in [-0.4, -0.2) is 62.0 Å². The Balaban J connectivity index is 1.57. The summed E-state index contributed by atoms with van der Waals surface area (Å²) in [7, 11) is 0. The summed E-state index contributed by atoms with van der Waals surface area (Å²) in [5, 5.41) is 7.92. The molecule has 1 saturated heterocycles. The summed E-state index contributed by atoms with van der Waals surface area (Å²) < 4.78 is 54.0. The van der Waals surface area contributed by atoms with Crippen LogP contribution < -0.4 is 10.2 Å². The number of benzene rings is 1. The summed E-state index contributed by atoms with van der Waals surface area (Å²) in [5.41, 5.74) is -1.12. The maximum Gasteiger partial charge on any atom is 0.420 e. The molecule has 1 saturated carbocycles. The molecule has 1 aliphatic heterocycles. The number of nitrogens with one attached hydrogen (secondary N) is 1. The Labute approximate surface area is 254 Å². The van der Waals surface area contributed by atoms with Crippen LogP contribution in [0.15, 0.2) is 36.5 Å². The predicted molar refractivity (Wildman–Crippen MR) is 159 cm³/mol. The van der Waals surface area contributed by atoms with Crippen LogP contribution in [0.4, 0.5) is 40.1 Å². The van der Waals surface area contributed by atoms with Gasteiger partial charge in [0.2, 0.25) is 0 Å². The lowest BCUT2D eigenvalue weighted by Gasteiger charge is -2.34. The van der Waals surface area contributed by atoms with Crippen molar-refractivity contribution in [3.05, 3.63) is 47.7 Å². The quantitative estimate of drug-likeness (QED) is 0.317. The van der Waals surface area contributed by atoms with Crippen LogP contribution in [-0.2, 0) is 15.7 Å². The van der Waals surface area contributed by atoms with Gasteiger partial charge < -0.3 is 19.7 Å². The van der Waals surface area contributed by atoms with Crippen molar-refractivity contribution >= 4 is 35.2 Å². The third kappa shape index (κ3) is 7.36. The number of ether oxygens (including phenoxy) is 2. The minimum atomic E-state index is -4.62. The van der Waals surface area contributed by atoms with Gasteiger partial charge in [-0.1, -0.05) is 6.07 Å². The van der Waals surface area contributed by atoms with E-state index in [4.69, 9.17) is 14.5 Å². The highest BCUT2D eigenvalue weighted by atomic mass is 19.4. The molecule has 44 heavy (non-hydrogen) atoms. The fourth-order valence-corrected chi connectivity index (χ4v) is 5.14. The molecule has 3 aromatic rings. The molecule has 2 fully saturated rings. The zero-order valence-corrected chi connectivity index (χ0v) is 25.9. The fraction of sp³-hybridized carbons (Fsp3) is 0.548. The number of rotatable bonds is 5. The first-order valence-corrected chi connectivity index (χ1v) is 14.8. The Hall–Kier alpha value is -4.03. The van der Waals surface area contributed by atoms with Gasteiger partial charge in [0, 0.05) is 30.8 Å². The smallest absolute Gasteiger partial charge is 0.420 e. The van der Waals surface area contributed by atoms with E-state index in [1.165, 1.54) is 16.6 Å². The van der Waals surface area contributed by atoms with Crippen LogP contribution in [0.5, 0.6) is 0 Å². The number of likely N-dealkylation sites (tertiary alicyclic amines) is 1. The summed E-state index contributed by atoms with van der Waals surface area (Å²) >= 11 is 0. The van der Waals surface area contributed by atoms with Crippen LogP contribution >= 0.6 is 0 Å². The number of piperidine rings is 1. The Morgan fingerprint density at radius 3 is 2.34 bits per heavy atom. The number of alkyl halides is 3. The molecule has 10 nitrogen and oxygen atoms in total. The second-order valence-corrected chi connectivity index (χ2v) is 13.4. The molecular weight excluding hydrogens is 577 g/mol. The fourth-order valence-electron chi connectivity index (χ4n) is 5.14. The molecule has 1 aromatic carbocycles. The van der Waals surface area contributed by atoms with Gasteiger partial charge in [-0.3, -0.25) is 0 Å². The Morgan fingerprint density at radius 1 is 1.00 bits per heavy atom. The number of hydrogen-bond acceptors (Lipinski definition) is 7. The van der Waals surface area contributed by atoms with Gasteiger partial charge in [-0.05, 0) is 91.3 Å². The molecule has 238 valence electrons. The number of halogens is 3. The van der Waals surface area contributed by atoms with Gasteiger partial charge in [-0.15, -0.1) is 0 Å². The van der Waals surface area contributed by atoms with Crippen molar-refractivity contribution in [2.45, 2.75) is 96.6 Å². The maximum atomic E-state index is 13.8. The van der Waals surface area contributed by atoms with Crippen molar-refractivity contribution < 1.29 is 32.2 Å². The molecule has 2 amide bonds. The van der Waals surface area contributed by atoms with Crippen molar-refractivity contribution in [3.8, 4) is 0 Å². The number of nitrogens with zero attached hydrogens (tertiary/aromatic N) is 5. The Kier molecular flexibility index (Phi) is 8.19. The normalized spacial score (nSPS) is 17.8. The third-order valence-electron chi connectivity index (χ3n) is 7.16. The lowest BCUT2D eigenvalue weighted by Crippen LogP contribution is -2.47. The molecule has 1 atom stereocenters. The number of carbonyl (C=O) groups is 2. The lowest BCUT2D eigenvalue weighted by atomic mass is 10.1. The molecule has 1 aliphatic carbocycles. The van der Waals surface area contributed by atoms with Crippen molar-refractivity contribution in [2.75, 3.05) is 23.3 Å². The standard InChI is InChI=1S/C31H39F3N6O4/c1-29(2,3)43-27(41)38-14-8-10-21(18-38)36-24-16-25(40-26(37-24)23(17-35-40)19-12-13-19)39(28(42)44-30(4,5)6)22-11-7-9-20(15-22)31(32,33)34/h7,9,11,15-17,19,21H,8,10,12-14,18H2,1-6H3,(H,36,37)/t21-/m0/s1. The monoisotopic (exact) mass is 616 g/mol. The predicted octanol–water partition coefficient (Wildman–Crippen LogP) is 7.51. The van der Waals surface area contributed by atoms with Gasteiger partial charge in [0.1, 0.15) is 22.8 Å². The van der Waals surface area contributed by atoms with Crippen LogP contribution in [0, 0.1) is 0 Å². The number of aromatic nitrogens is 3. The van der Waals surface area contributed by atoms with E-state index < -0.39 is 35.1 Å². The van der Waals surface area contributed by atoms with E-state index in [-0.39, 0.29) is 23.5 Å². The van der Waals surface area contributed by atoms with Crippen molar-refractivity contribution in [3.63, 3.8) is 0 Å². The van der Waals surface area contributed by atoms with Crippen molar-refractivity contribution in [1.29, 1.82) is 0 Å². The molecule has 2 aromatic heterocycles. The minimum absolute atomic E-state index is 0.0373. The van der Waals surface area contributed by atoms with Gasteiger partial charge in [-0.25, -0.2) is 19.5 Å². The summed E-state index contributed by atoms with van der Waals surface area (Å²) in [6.07, 6.45) is -0.785. The number of fused-ring (bicyclic) bond motifs is 1. The van der Waals surface area contributed by atoms with Crippen molar-refractivity contribution in [1.82, 2.24) is 19.5 Å². The Bertz CT molecular complexity index is 1540. The van der Waals surface area contributed by atoms with Gasteiger partial charge >= 0.3 is 18.4 Å². The molecule has 3 heterocycles. The maximum absolute atomic E-state index is 13.8. The average Bonchev–Trinajstić information content (AvgIpc) is 3.65. The molecule has 0 spiro atoms. The van der Waals surface area contributed by atoms with E-state index in [0.717, 1.165) is 48.3 Å². The topological polar surface area (TPSA) is 101 Å². The van der Waals surface area contributed by atoms with E-state index in [9.17, 15) is 22.8 Å². The second kappa shape index (κ2) is 11.5. The van der Waals surface area contributed by atoms with E-state index in [1.54, 1.807) is 37.9 Å². The van der Waals surface area contributed by atoms with Gasteiger partial charge in [0.05, 0.1) is 17.4 Å². The highest BCUT2D eigenvalue weighted by molar-refractivity contribution is 5.96. The van der Waals surface area contributed by atoms with Gasteiger partial charge in [0.25, 0.3) is 0 Å². The molecule has 1 N–H and O–H groups in total. The van der Waals surface area contributed by atoms with Gasteiger partial charge in [0.15, 0.2) is 5.65 Å². The number of amides is 2. The summed E-state index contributed by atoms with van der Waals surface area (Å²) in [6, 6.07) is 5.92. The van der Waals surface area contributed by atoms with Crippen molar-refractivity contribution in [2.24, 2.45) is 0 Å². The summed E-state index contributed by atoms with van der Waals surface area (Å²) in [5.74, 6) is 0.813. The molecule has 0 unspecified atom stereocenters. The Morgan fingerprint density at radius 2 is 1.70 bits per heavy atom. The molecule has 0 radical (unpaired) electrons. The highest BCUT2D eigenvalue weighted by Crippen LogP contribution is 2.43. The van der Waals surface area contributed by atoms with Crippen LogP contribution in [0.25, 0.3) is 5.65 Å². The van der Waals surface area contributed by atoms with Crippen LogP contribution in [0.1, 0.15) is 84.3 Å². The molecule has 13 heteroatoms. The number of carbonyl (C=O) groups excluding carboxylic acids is 2. The largest absolute Gasteiger partial charge is 0.444 e. The molecular formula is C31H39F3N6O4. The first-order valence-electron chi connectivity index (χ1n) is 14.8. The number of anilines is 3. The lowest BCUT2D eigenvalue weighted by molar-refractivity contribution is -0.137. The molecule has 2 aliphatic rings. The average molecular weight is 617 g/mol. The second-order valence-electron chi connectivity index (χ2n) is 13.4. The first kappa shape index (κ1) is 31.4. The minimum Gasteiger partial charge on any atom is -0.444 e. The highest BCUT2D eigenvalue weighted by Gasteiger charge is 2.35. The van der Waals surface area contributed by atoms with Gasteiger partial charge in [-0.2, -0.15) is 22.8 Å². The van der Waals surface area contributed by atoms with E-state index in [1.807, 2.05) is 20.8 Å². The van der Waals surface area contributed by atoms with E-state index in [0.29, 0.717) is 24.6 Å². The van der Waals surface area contributed by atoms with E-state index in [2.05, 4.69) is 10.4 Å². The van der Waals surface area contributed by atoms with Crippen LogP contribution in [0.2, 0.25) is 0 Å². The SMILES string of the molecule is CC(C)(C)OC(=O)N1CCC[C@H](Nc2cc(N(C(=O)OC(C)(C)C)c3cccc(C(F)(F)F)c3)n3ncc(C4CC4)c3n2)C1. The first-order chi connectivity index (χ1) is 20.5. The summed E-state index contributed by atoms with van der Waals surface area (Å²) in [4.78, 5) is 34.1.